The lowest BCUT2D eigenvalue weighted by Crippen LogP contribution is -2.36. The zero-order valence-corrected chi connectivity index (χ0v) is 14.2. The van der Waals surface area contributed by atoms with E-state index in [9.17, 15) is 4.79 Å². The molecule has 2 aromatic rings. The summed E-state index contributed by atoms with van der Waals surface area (Å²) in [5.74, 6) is 1.55. The second kappa shape index (κ2) is 5.69. The maximum absolute atomic E-state index is 12.5. The number of aromatic nitrogens is 2. The fourth-order valence-electron chi connectivity index (χ4n) is 3.73. The summed E-state index contributed by atoms with van der Waals surface area (Å²) >= 11 is 1.55. The highest BCUT2D eigenvalue weighted by Crippen LogP contribution is 2.48. The van der Waals surface area contributed by atoms with Crippen molar-refractivity contribution >= 4 is 17.2 Å². The molecule has 6 heteroatoms. The summed E-state index contributed by atoms with van der Waals surface area (Å²) in [7, 11) is 4.26. The van der Waals surface area contributed by atoms with E-state index < -0.39 is 0 Å². The molecule has 0 radical (unpaired) electrons. The first kappa shape index (κ1) is 14.8. The number of hydrogen-bond acceptors (Lipinski definition) is 5. The molecule has 2 aromatic heterocycles. The van der Waals surface area contributed by atoms with Crippen molar-refractivity contribution in [2.45, 2.75) is 12.5 Å². The SMILES string of the molecule is CN(C)C1[C@H]2CN(C(=O)Cc3csc(-c4ccccn4)n3)C[C@@H]12. The lowest BCUT2D eigenvalue weighted by molar-refractivity contribution is -0.130. The highest BCUT2D eigenvalue weighted by atomic mass is 32.1. The highest BCUT2D eigenvalue weighted by Gasteiger charge is 2.57. The van der Waals surface area contributed by atoms with Gasteiger partial charge in [0.2, 0.25) is 5.91 Å². The van der Waals surface area contributed by atoms with Gasteiger partial charge in [-0.25, -0.2) is 4.98 Å². The van der Waals surface area contributed by atoms with E-state index >= 15 is 0 Å². The molecule has 1 aliphatic carbocycles. The number of hydrogen-bond donors (Lipinski definition) is 0. The number of amides is 1. The number of likely N-dealkylation sites (tertiary alicyclic amines) is 1. The zero-order chi connectivity index (χ0) is 16.0. The van der Waals surface area contributed by atoms with Crippen LogP contribution in [-0.4, -0.2) is 58.9 Å². The van der Waals surface area contributed by atoms with Crippen LogP contribution in [0.25, 0.3) is 10.7 Å². The second-order valence-corrected chi connectivity index (χ2v) is 7.47. The van der Waals surface area contributed by atoms with Gasteiger partial charge in [0.05, 0.1) is 17.8 Å². The normalized spacial score (nSPS) is 25.7. The molecule has 2 fully saturated rings. The Morgan fingerprint density at radius 2 is 2.13 bits per heavy atom. The molecular formula is C17H20N4OS. The molecule has 0 bridgehead atoms. The molecule has 1 aliphatic heterocycles. The van der Waals surface area contributed by atoms with Gasteiger partial charge in [0, 0.05) is 30.7 Å². The Balaban J connectivity index is 1.37. The largest absolute Gasteiger partial charge is 0.342 e. The zero-order valence-electron chi connectivity index (χ0n) is 13.3. The first-order chi connectivity index (χ1) is 11.1. The predicted octanol–water partition coefficient (Wildman–Crippen LogP) is 1.77. The maximum Gasteiger partial charge on any atom is 0.228 e. The average molecular weight is 328 g/mol. The number of carbonyl (C=O) groups is 1. The Morgan fingerprint density at radius 1 is 1.35 bits per heavy atom. The molecule has 1 saturated heterocycles. The molecule has 0 N–H and O–H groups in total. The quantitative estimate of drug-likeness (QED) is 0.858. The molecule has 120 valence electrons. The summed E-state index contributed by atoms with van der Waals surface area (Å²) in [4.78, 5) is 25.6. The number of rotatable bonds is 4. The van der Waals surface area contributed by atoms with E-state index in [4.69, 9.17) is 0 Å². The summed E-state index contributed by atoms with van der Waals surface area (Å²) in [6.07, 6.45) is 2.16. The van der Waals surface area contributed by atoms with Gasteiger partial charge >= 0.3 is 0 Å². The van der Waals surface area contributed by atoms with Gasteiger partial charge in [-0.3, -0.25) is 9.78 Å². The van der Waals surface area contributed by atoms with Crippen LogP contribution in [0.5, 0.6) is 0 Å². The highest BCUT2D eigenvalue weighted by molar-refractivity contribution is 7.13. The van der Waals surface area contributed by atoms with Crippen LogP contribution < -0.4 is 0 Å². The van der Waals surface area contributed by atoms with Crippen molar-refractivity contribution in [2.75, 3.05) is 27.2 Å². The Bertz CT molecular complexity index is 702. The lowest BCUT2D eigenvalue weighted by Gasteiger charge is -2.21. The van der Waals surface area contributed by atoms with Gasteiger partial charge in [-0.2, -0.15) is 0 Å². The number of thiazole rings is 1. The summed E-state index contributed by atoms with van der Waals surface area (Å²) in [5.41, 5.74) is 1.72. The Morgan fingerprint density at radius 3 is 2.78 bits per heavy atom. The van der Waals surface area contributed by atoms with Crippen molar-refractivity contribution in [2.24, 2.45) is 11.8 Å². The van der Waals surface area contributed by atoms with Crippen molar-refractivity contribution in [1.29, 1.82) is 0 Å². The van der Waals surface area contributed by atoms with Crippen LogP contribution in [0.1, 0.15) is 5.69 Å². The monoisotopic (exact) mass is 328 g/mol. The molecule has 0 aromatic carbocycles. The topological polar surface area (TPSA) is 49.3 Å². The molecule has 2 aliphatic rings. The number of pyridine rings is 1. The van der Waals surface area contributed by atoms with Crippen LogP contribution in [0.15, 0.2) is 29.8 Å². The Hall–Kier alpha value is -1.79. The molecule has 1 amide bonds. The van der Waals surface area contributed by atoms with E-state index in [1.165, 1.54) is 0 Å². The van der Waals surface area contributed by atoms with Gasteiger partial charge in [-0.15, -0.1) is 11.3 Å². The molecule has 0 spiro atoms. The summed E-state index contributed by atoms with van der Waals surface area (Å²) in [5, 5.41) is 2.85. The van der Waals surface area contributed by atoms with Crippen LogP contribution in [0.2, 0.25) is 0 Å². The standard InChI is InChI=1S/C17H20N4OS/c1-20(2)16-12-8-21(9-13(12)16)15(22)7-11-10-23-17(19-11)14-5-3-4-6-18-14/h3-6,10,12-13,16H,7-9H2,1-2H3/t12-,13+,16?. The average Bonchev–Trinajstić information content (AvgIpc) is 2.92. The number of fused-ring (bicyclic) bond motifs is 1. The molecule has 1 saturated carbocycles. The predicted molar refractivity (Wildman–Crippen MR) is 90.1 cm³/mol. The number of piperidine rings is 1. The third-order valence-corrected chi connectivity index (χ3v) is 5.78. The number of carbonyl (C=O) groups excluding carboxylic acids is 1. The van der Waals surface area contributed by atoms with Gasteiger partial charge in [0.15, 0.2) is 0 Å². The van der Waals surface area contributed by atoms with Crippen LogP contribution in [0, 0.1) is 11.8 Å². The maximum atomic E-state index is 12.5. The van der Waals surface area contributed by atoms with E-state index in [0.29, 0.717) is 24.3 Å². The van der Waals surface area contributed by atoms with Crippen molar-refractivity contribution in [3.05, 3.63) is 35.5 Å². The fourth-order valence-corrected chi connectivity index (χ4v) is 4.52. The van der Waals surface area contributed by atoms with E-state index in [0.717, 1.165) is 29.5 Å². The molecular weight excluding hydrogens is 308 g/mol. The molecule has 3 atom stereocenters. The van der Waals surface area contributed by atoms with Gasteiger partial charge in [0.1, 0.15) is 5.01 Å². The van der Waals surface area contributed by atoms with Crippen LogP contribution in [0.4, 0.5) is 0 Å². The smallest absolute Gasteiger partial charge is 0.228 e. The van der Waals surface area contributed by atoms with E-state index in [1.807, 2.05) is 28.5 Å². The van der Waals surface area contributed by atoms with Crippen LogP contribution >= 0.6 is 11.3 Å². The third kappa shape index (κ3) is 2.77. The van der Waals surface area contributed by atoms with Crippen molar-refractivity contribution in [3.63, 3.8) is 0 Å². The van der Waals surface area contributed by atoms with Crippen molar-refractivity contribution < 1.29 is 4.79 Å². The Labute approximate surface area is 140 Å². The lowest BCUT2D eigenvalue weighted by atomic mass is 10.2. The molecule has 5 nitrogen and oxygen atoms in total. The summed E-state index contributed by atoms with van der Waals surface area (Å²) in [6, 6.07) is 6.46. The number of nitrogens with zero attached hydrogens (tertiary/aromatic N) is 4. The first-order valence-electron chi connectivity index (χ1n) is 7.93. The van der Waals surface area contributed by atoms with E-state index in [1.54, 1.807) is 17.5 Å². The minimum absolute atomic E-state index is 0.201. The van der Waals surface area contributed by atoms with Crippen molar-refractivity contribution in [3.8, 4) is 10.7 Å². The van der Waals surface area contributed by atoms with Crippen LogP contribution in [-0.2, 0) is 11.2 Å². The minimum Gasteiger partial charge on any atom is -0.342 e. The molecule has 23 heavy (non-hydrogen) atoms. The second-order valence-electron chi connectivity index (χ2n) is 6.62. The summed E-state index contributed by atoms with van der Waals surface area (Å²) in [6.45, 7) is 1.81. The van der Waals surface area contributed by atoms with E-state index in [-0.39, 0.29) is 5.91 Å². The Kier molecular flexibility index (Phi) is 3.66. The summed E-state index contributed by atoms with van der Waals surface area (Å²) < 4.78 is 0. The first-order valence-corrected chi connectivity index (χ1v) is 8.81. The van der Waals surface area contributed by atoms with E-state index in [2.05, 4.69) is 29.0 Å². The van der Waals surface area contributed by atoms with Gasteiger partial charge in [-0.05, 0) is 38.1 Å². The van der Waals surface area contributed by atoms with Crippen molar-refractivity contribution in [1.82, 2.24) is 19.8 Å². The third-order valence-electron chi connectivity index (χ3n) is 4.87. The molecule has 4 rings (SSSR count). The minimum atomic E-state index is 0.201. The van der Waals surface area contributed by atoms with Crippen LogP contribution in [0.3, 0.4) is 0 Å². The molecule has 3 heterocycles. The fraction of sp³-hybridized carbons (Fsp3) is 0.471. The van der Waals surface area contributed by atoms with Gasteiger partial charge in [0.25, 0.3) is 0 Å². The van der Waals surface area contributed by atoms with Gasteiger partial charge < -0.3 is 9.80 Å². The van der Waals surface area contributed by atoms with Gasteiger partial charge in [-0.1, -0.05) is 6.07 Å². The molecule has 1 unspecified atom stereocenters.